The Bertz CT molecular complexity index is 390. The van der Waals surface area contributed by atoms with Gasteiger partial charge in [0.15, 0.2) is 0 Å². The van der Waals surface area contributed by atoms with E-state index in [1.54, 1.807) is 4.68 Å². The Balaban J connectivity index is 0.000000396. The number of pyridine rings is 1. The number of aromatic nitrogens is 3. The molecule has 0 unspecified atom stereocenters. The van der Waals surface area contributed by atoms with Crippen molar-refractivity contribution in [3.05, 3.63) is 24.0 Å². The van der Waals surface area contributed by atoms with Crippen LogP contribution in [0.2, 0.25) is 0 Å². The molecule has 0 aliphatic heterocycles. The van der Waals surface area contributed by atoms with Crippen LogP contribution in [0.25, 0.3) is 11.0 Å². The van der Waals surface area contributed by atoms with Crippen LogP contribution in [-0.2, 0) is 7.05 Å². The molecule has 0 radical (unpaired) electrons. The summed E-state index contributed by atoms with van der Waals surface area (Å²) in [6, 6.07) is 2.03. The van der Waals surface area contributed by atoms with Crippen LogP contribution in [0, 0.1) is 6.92 Å². The van der Waals surface area contributed by atoms with Gasteiger partial charge in [-0.3, -0.25) is 9.67 Å². The second kappa shape index (κ2) is 4.03. The van der Waals surface area contributed by atoms with Gasteiger partial charge in [0.2, 0.25) is 0 Å². The lowest BCUT2D eigenvalue weighted by molar-refractivity contribution is 0.779. The molecular formula is C10H15N3. The first-order valence-electron chi connectivity index (χ1n) is 4.52. The summed E-state index contributed by atoms with van der Waals surface area (Å²) in [4.78, 5) is 4.22. The normalized spacial score (nSPS) is 9.54. The van der Waals surface area contributed by atoms with Gasteiger partial charge in [-0.15, -0.1) is 0 Å². The Morgan fingerprint density at radius 1 is 1.23 bits per heavy atom. The highest BCUT2D eigenvalue weighted by molar-refractivity contribution is 5.73. The zero-order chi connectivity index (χ0) is 9.84. The molecule has 0 aromatic carbocycles. The van der Waals surface area contributed by atoms with E-state index >= 15 is 0 Å². The molecule has 3 heteroatoms. The molecule has 0 atom stereocenters. The van der Waals surface area contributed by atoms with Crippen LogP contribution in [0.5, 0.6) is 0 Å². The smallest absolute Gasteiger partial charge is 0.111 e. The minimum atomic E-state index is 0.957. The van der Waals surface area contributed by atoms with Crippen LogP contribution in [-0.4, -0.2) is 14.8 Å². The fourth-order valence-electron chi connectivity index (χ4n) is 1.12. The average molecular weight is 177 g/mol. The van der Waals surface area contributed by atoms with Crippen molar-refractivity contribution in [2.75, 3.05) is 0 Å². The summed E-state index contributed by atoms with van der Waals surface area (Å²) in [6.07, 6.45) is 3.76. The second-order valence-corrected chi connectivity index (χ2v) is 2.72. The van der Waals surface area contributed by atoms with Gasteiger partial charge in [-0.05, 0) is 18.6 Å². The molecule has 0 spiro atoms. The summed E-state index contributed by atoms with van der Waals surface area (Å²) >= 11 is 0. The first kappa shape index (κ1) is 9.71. The third-order valence-corrected chi connectivity index (χ3v) is 1.61. The van der Waals surface area contributed by atoms with Gasteiger partial charge in [0, 0.05) is 13.2 Å². The molecule has 0 aliphatic rings. The van der Waals surface area contributed by atoms with Gasteiger partial charge in [0.25, 0.3) is 0 Å². The van der Waals surface area contributed by atoms with Crippen molar-refractivity contribution in [2.45, 2.75) is 20.8 Å². The van der Waals surface area contributed by atoms with Crippen molar-refractivity contribution >= 4 is 11.0 Å². The predicted molar refractivity (Wildman–Crippen MR) is 54.6 cm³/mol. The topological polar surface area (TPSA) is 30.7 Å². The van der Waals surface area contributed by atoms with Crippen LogP contribution in [0.4, 0.5) is 0 Å². The van der Waals surface area contributed by atoms with E-state index in [2.05, 4.69) is 10.1 Å². The molecule has 13 heavy (non-hydrogen) atoms. The fourth-order valence-corrected chi connectivity index (χ4v) is 1.12. The van der Waals surface area contributed by atoms with Crippen LogP contribution in [0.1, 0.15) is 19.4 Å². The van der Waals surface area contributed by atoms with Crippen molar-refractivity contribution < 1.29 is 0 Å². The van der Waals surface area contributed by atoms with E-state index in [4.69, 9.17) is 0 Å². The van der Waals surface area contributed by atoms with Crippen LogP contribution in [0.3, 0.4) is 0 Å². The Morgan fingerprint density at radius 3 is 2.62 bits per heavy atom. The maximum atomic E-state index is 4.23. The van der Waals surface area contributed by atoms with Gasteiger partial charge < -0.3 is 0 Å². The molecule has 3 nitrogen and oxygen atoms in total. The Labute approximate surface area is 78.4 Å². The third-order valence-electron chi connectivity index (χ3n) is 1.61. The summed E-state index contributed by atoms with van der Waals surface area (Å²) in [7, 11) is 1.90. The molecule has 70 valence electrons. The van der Waals surface area contributed by atoms with Gasteiger partial charge in [-0.1, -0.05) is 13.8 Å². The van der Waals surface area contributed by atoms with E-state index in [9.17, 15) is 0 Å². The highest BCUT2D eigenvalue weighted by Gasteiger charge is 1.97. The number of rotatable bonds is 0. The van der Waals surface area contributed by atoms with Crippen molar-refractivity contribution in [2.24, 2.45) is 7.05 Å². The maximum Gasteiger partial charge on any atom is 0.111 e. The minimum Gasteiger partial charge on any atom is -0.273 e. The molecule has 2 heterocycles. The third kappa shape index (κ3) is 2.05. The van der Waals surface area contributed by atoms with Crippen LogP contribution < -0.4 is 0 Å². The highest BCUT2D eigenvalue weighted by atomic mass is 15.2. The van der Waals surface area contributed by atoms with E-state index in [1.165, 1.54) is 0 Å². The number of fused-ring (bicyclic) bond motifs is 1. The summed E-state index contributed by atoms with van der Waals surface area (Å²) in [5.74, 6) is 0. The zero-order valence-electron chi connectivity index (χ0n) is 8.57. The number of hydrogen-bond donors (Lipinski definition) is 0. The quantitative estimate of drug-likeness (QED) is 0.618. The zero-order valence-corrected chi connectivity index (χ0v) is 8.57. The molecule has 0 saturated carbocycles. The van der Waals surface area contributed by atoms with Crippen molar-refractivity contribution in [3.8, 4) is 0 Å². The Kier molecular flexibility index (Phi) is 3.01. The summed E-state index contributed by atoms with van der Waals surface area (Å²) < 4.78 is 1.77. The lowest BCUT2D eigenvalue weighted by Gasteiger charge is -1.87. The number of hydrogen-bond acceptors (Lipinski definition) is 2. The second-order valence-electron chi connectivity index (χ2n) is 2.72. The van der Waals surface area contributed by atoms with E-state index in [1.807, 2.05) is 46.3 Å². The monoisotopic (exact) mass is 177 g/mol. The summed E-state index contributed by atoms with van der Waals surface area (Å²) in [6.45, 7) is 6.02. The predicted octanol–water partition coefficient (Wildman–Crippen LogP) is 2.30. The lowest BCUT2D eigenvalue weighted by Crippen LogP contribution is -1.84. The molecule has 2 rings (SSSR count). The van der Waals surface area contributed by atoms with E-state index in [0.29, 0.717) is 0 Å². The van der Waals surface area contributed by atoms with Crippen LogP contribution >= 0.6 is 0 Å². The molecular weight excluding hydrogens is 162 g/mol. The molecule has 0 aliphatic carbocycles. The van der Waals surface area contributed by atoms with E-state index < -0.39 is 0 Å². The van der Waals surface area contributed by atoms with Gasteiger partial charge in [0.1, 0.15) is 11.0 Å². The summed E-state index contributed by atoms with van der Waals surface area (Å²) in [5.41, 5.74) is 3.07. The van der Waals surface area contributed by atoms with Gasteiger partial charge >= 0.3 is 0 Å². The molecule has 2 aromatic heterocycles. The molecule has 0 N–H and O–H groups in total. The number of nitrogens with zero attached hydrogens (tertiary/aromatic N) is 3. The molecule has 2 aromatic rings. The maximum absolute atomic E-state index is 4.23. The molecule has 0 saturated heterocycles. The fraction of sp³-hybridized carbons (Fsp3) is 0.400. The highest BCUT2D eigenvalue weighted by Crippen LogP contribution is 2.08. The van der Waals surface area contributed by atoms with Gasteiger partial charge in [-0.25, -0.2) is 0 Å². The minimum absolute atomic E-state index is 0.957. The SMILES string of the molecule is CC.Cc1cnc2cn(C)nc2c1. The summed E-state index contributed by atoms with van der Waals surface area (Å²) in [5, 5.41) is 4.23. The lowest BCUT2D eigenvalue weighted by atomic mass is 10.3. The van der Waals surface area contributed by atoms with Crippen LogP contribution in [0.15, 0.2) is 18.5 Å². The molecule has 0 bridgehead atoms. The Morgan fingerprint density at radius 2 is 1.92 bits per heavy atom. The van der Waals surface area contributed by atoms with E-state index in [0.717, 1.165) is 16.6 Å². The van der Waals surface area contributed by atoms with Gasteiger partial charge in [0.05, 0.1) is 6.20 Å². The Hall–Kier alpha value is -1.38. The van der Waals surface area contributed by atoms with E-state index in [-0.39, 0.29) is 0 Å². The largest absolute Gasteiger partial charge is 0.273 e. The average Bonchev–Trinajstić information content (AvgIpc) is 2.48. The molecule has 0 amide bonds. The van der Waals surface area contributed by atoms with Crippen molar-refractivity contribution in [1.29, 1.82) is 0 Å². The first-order valence-corrected chi connectivity index (χ1v) is 4.52. The van der Waals surface area contributed by atoms with Crippen molar-refractivity contribution in [1.82, 2.24) is 14.8 Å². The van der Waals surface area contributed by atoms with Gasteiger partial charge in [-0.2, -0.15) is 5.10 Å². The molecule has 0 fully saturated rings. The number of aryl methyl sites for hydroxylation is 2. The van der Waals surface area contributed by atoms with Crippen molar-refractivity contribution in [3.63, 3.8) is 0 Å². The first-order chi connectivity index (χ1) is 6.25. The standard InChI is InChI=1S/C8H9N3.C2H6/c1-6-3-7-8(9-4-6)5-11(2)10-7;1-2/h3-5H,1-2H3;1-2H3.